The minimum atomic E-state index is -0.550. The number of benzene rings is 2. The Morgan fingerprint density at radius 3 is 1.78 bits per heavy atom. The molecule has 92 valence electrons. The van der Waals surface area contributed by atoms with Gasteiger partial charge in [-0.2, -0.15) is 0 Å². The van der Waals surface area contributed by atoms with E-state index in [-0.39, 0.29) is 0 Å². The first-order valence-corrected chi connectivity index (χ1v) is 6.57. The maximum absolute atomic E-state index is 10.3. The second kappa shape index (κ2) is 4.25. The molecule has 0 amide bonds. The lowest BCUT2D eigenvalue weighted by Gasteiger charge is -2.37. The standard InChI is InChI=1S/C17H18O/c1-13-3-5-14(6-4-13)15-7-9-16(10-8-15)17(18)11-2-12-17/h3-10,18H,2,11-12H2,1H3. The maximum atomic E-state index is 10.3. The fourth-order valence-electron chi connectivity index (χ4n) is 2.52. The van der Waals surface area contributed by atoms with Gasteiger partial charge in [-0.15, -0.1) is 0 Å². The van der Waals surface area contributed by atoms with Crippen LogP contribution in [0.5, 0.6) is 0 Å². The van der Waals surface area contributed by atoms with Gasteiger partial charge in [0.2, 0.25) is 0 Å². The summed E-state index contributed by atoms with van der Waals surface area (Å²) < 4.78 is 0. The van der Waals surface area contributed by atoms with Crippen LogP contribution in [0.25, 0.3) is 11.1 Å². The molecule has 0 atom stereocenters. The average Bonchev–Trinajstić information content (AvgIpc) is 2.37. The van der Waals surface area contributed by atoms with E-state index in [0.29, 0.717) is 0 Å². The van der Waals surface area contributed by atoms with Crippen LogP contribution < -0.4 is 0 Å². The molecule has 0 aromatic heterocycles. The molecule has 18 heavy (non-hydrogen) atoms. The van der Waals surface area contributed by atoms with Crippen LogP contribution in [0.2, 0.25) is 0 Å². The summed E-state index contributed by atoms with van der Waals surface area (Å²) in [5.41, 5.74) is 4.23. The summed E-state index contributed by atoms with van der Waals surface area (Å²) in [4.78, 5) is 0. The van der Waals surface area contributed by atoms with Crippen molar-refractivity contribution in [1.82, 2.24) is 0 Å². The van der Waals surface area contributed by atoms with Crippen LogP contribution in [0.4, 0.5) is 0 Å². The van der Waals surface area contributed by atoms with Gasteiger partial charge in [0.25, 0.3) is 0 Å². The van der Waals surface area contributed by atoms with Gasteiger partial charge in [0.1, 0.15) is 0 Å². The van der Waals surface area contributed by atoms with Crippen molar-refractivity contribution in [3.05, 3.63) is 59.7 Å². The zero-order chi connectivity index (χ0) is 12.6. The molecule has 0 radical (unpaired) electrons. The monoisotopic (exact) mass is 238 g/mol. The fraction of sp³-hybridized carbons (Fsp3) is 0.294. The number of aliphatic hydroxyl groups is 1. The Balaban J connectivity index is 1.89. The summed E-state index contributed by atoms with van der Waals surface area (Å²) >= 11 is 0. The second-order valence-corrected chi connectivity index (χ2v) is 5.33. The molecule has 0 aliphatic heterocycles. The molecule has 2 aromatic rings. The Bertz CT molecular complexity index is 533. The molecule has 1 nitrogen and oxygen atoms in total. The highest BCUT2D eigenvalue weighted by Gasteiger charge is 2.35. The van der Waals surface area contributed by atoms with Crippen molar-refractivity contribution in [2.45, 2.75) is 31.8 Å². The Morgan fingerprint density at radius 2 is 1.33 bits per heavy atom. The van der Waals surface area contributed by atoms with E-state index in [9.17, 15) is 5.11 Å². The minimum absolute atomic E-state index is 0.550. The maximum Gasteiger partial charge on any atom is 0.0896 e. The van der Waals surface area contributed by atoms with Crippen molar-refractivity contribution in [2.24, 2.45) is 0 Å². The fourth-order valence-corrected chi connectivity index (χ4v) is 2.52. The van der Waals surface area contributed by atoms with E-state index in [1.807, 2.05) is 0 Å². The van der Waals surface area contributed by atoms with Crippen LogP contribution in [-0.4, -0.2) is 5.11 Å². The predicted octanol–water partition coefficient (Wildman–Crippen LogP) is 4.03. The molecule has 3 rings (SSSR count). The van der Waals surface area contributed by atoms with Crippen molar-refractivity contribution in [1.29, 1.82) is 0 Å². The summed E-state index contributed by atoms with van der Waals surface area (Å²) in [6.45, 7) is 2.10. The van der Waals surface area contributed by atoms with Gasteiger partial charge in [-0.25, -0.2) is 0 Å². The summed E-state index contributed by atoms with van der Waals surface area (Å²) in [6, 6.07) is 16.9. The zero-order valence-corrected chi connectivity index (χ0v) is 10.7. The Morgan fingerprint density at radius 1 is 0.833 bits per heavy atom. The van der Waals surface area contributed by atoms with Crippen LogP contribution in [0.3, 0.4) is 0 Å². The van der Waals surface area contributed by atoms with Crippen molar-refractivity contribution in [3.63, 3.8) is 0 Å². The van der Waals surface area contributed by atoms with E-state index in [4.69, 9.17) is 0 Å². The molecule has 1 saturated carbocycles. The molecule has 0 heterocycles. The van der Waals surface area contributed by atoms with Crippen molar-refractivity contribution < 1.29 is 5.11 Å². The van der Waals surface area contributed by atoms with Crippen molar-refractivity contribution in [2.75, 3.05) is 0 Å². The van der Waals surface area contributed by atoms with Gasteiger partial charge in [0, 0.05) is 0 Å². The SMILES string of the molecule is Cc1ccc(-c2ccc(C3(O)CCC3)cc2)cc1. The molecule has 0 spiro atoms. The first-order valence-electron chi connectivity index (χ1n) is 6.57. The molecule has 0 bridgehead atoms. The Labute approximate surface area is 108 Å². The first-order chi connectivity index (χ1) is 8.67. The number of hydrogen-bond donors (Lipinski definition) is 1. The van der Waals surface area contributed by atoms with Crippen LogP contribution in [-0.2, 0) is 5.60 Å². The lowest BCUT2D eigenvalue weighted by Crippen LogP contribution is -2.33. The summed E-state index contributed by atoms with van der Waals surface area (Å²) in [7, 11) is 0. The first kappa shape index (κ1) is 11.5. The summed E-state index contributed by atoms with van der Waals surface area (Å²) in [5, 5.41) is 10.3. The highest BCUT2D eigenvalue weighted by atomic mass is 16.3. The highest BCUT2D eigenvalue weighted by molar-refractivity contribution is 5.64. The highest BCUT2D eigenvalue weighted by Crippen LogP contribution is 2.41. The molecular formula is C17H18O. The van der Waals surface area contributed by atoms with Crippen LogP contribution in [0.1, 0.15) is 30.4 Å². The van der Waals surface area contributed by atoms with Crippen molar-refractivity contribution >= 4 is 0 Å². The number of rotatable bonds is 2. The molecular weight excluding hydrogens is 220 g/mol. The van der Waals surface area contributed by atoms with Gasteiger partial charge >= 0.3 is 0 Å². The third kappa shape index (κ3) is 1.95. The Kier molecular flexibility index (Phi) is 2.71. The van der Waals surface area contributed by atoms with Gasteiger partial charge in [-0.05, 0) is 42.9 Å². The third-order valence-electron chi connectivity index (χ3n) is 3.99. The van der Waals surface area contributed by atoms with E-state index < -0.39 is 5.60 Å². The van der Waals surface area contributed by atoms with Crippen LogP contribution >= 0.6 is 0 Å². The number of hydrogen-bond acceptors (Lipinski definition) is 1. The van der Waals surface area contributed by atoms with E-state index >= 15 is 0 Å². The quantitative estimate of drug-likeness (QED) is 0.837. The van der Waals surface area contributed by atoms with E-state index in [2.05, 4.69) is 55.5 Å². The summed E-state index contributed by atoms with van der Waals surface area (Å²) in [5.74, 6) is 0. The zero-order valence-electron chi connectivity index (χ0n) is 10.7. The van der Waals surface area contributed by atoms with E-state index in [1.165, 1.54) is 16.7 Å². The Hall–Kier alpha value is -1.60. The molecule has 1 fully saturated rings. The topological polar surface area (TPSA) is 20.2 Å². The molecule has 2 aromatic carbocycles. The lowest BCUT2D eigenvalue weighted by molar-refractivity contribution is -0.0387. The third-order valence-corrected chi connectivity index (χ3v) is 3.99. The minimum Gasteiger partial charge on any atom is -0.385 e. The molecule has 0 saturated heterocycles. The molecule has 1 N–H and O–H groups in total. The molecule has 1 aliphatic rings. The smallest absolute Gasteiger partial charge is 0.0896 e. The van der Waals surface area contributed by atoms with E-state index in [1.54, 1.807) is 0 Å². The average molecular weight is 238 g/mol. The van der Waals surface area contributed by atoms with Crippen LogP contribution in [0.15, 0.2) is 48.5 Å². The van der Waals surface area contributed by atoms with Gasteiger partial charge in [0.15, 0.2) is 0 Å². The van der Waals surface area contributed by atoms with Crippen LogP contribution in [0, 0.1) is 6.92 Å². The lowest BCUT2D eigenvalue weighted by atomic mass is 9.75. The predicted molar refractivity (Wildman–Crippen MR) is 74.4 cm³/mol. The largest absolute Gasteiger partial charge is 0.385 e. The van der Waals surface area contributed by atoms with Gasteiger partial charge < -0.3 is 5.11 Å². The number of aryl methyl sites for hydroxylation is 1. The van der Waals surface area contributed by atoms with Crippen molar-refractivity contribution in [3.8, 4) is 11.1 Å². The molecule has 1 aliphatic carbocycles. The second-order valence-electron chi connectivity index (χ2n) is 5.33. The molecule has 1 heteroatoms. The van der Waals surface area contributed by atoms with E-state index in [0.717, 1.165) is 24.8 Å². The van der Waals surface area contributed by atoms with Gasteiger partial charge in [0.05, 0.1) is 5.60 Å². The summed E-state index contributed by atoms with van der Waals surface area (Å²) in [6.07, 6.45) is 2.93. The normalized spacial score (nSPS) is 17.2. The molecule has 0 unspecified atom stereocenters. The van der Waals surface area contributed by atoms with Gasteiger partial charge in [-0.1, -0.05) is 54.1 Å². The van der Waals surface area contributed by atoms with Gasteiger partial charge in [-0.3, -0.25) is 0 Å².